The number of nitrogens with zero attached hydrogens (tertiary/aromatic N) is 1. The van der Waals surface area contributed by atoms with Gasteiger partial charge in [0, 0.05) is 24.7 Å². The van der Waals surface area contributed by atoms with E-state index in [1.165, 1.54) is 14.2 Å². The molecule has 1 fully saturated rings. The molecule has 1 aliphatic rings. The van der Waals surface area contributed by atoms with E-state index in [9.17, 15) is 13.2 Å². The number of likely N-dealkylation sites (tertiary alicyclic amines) is 1. The Balaban J connectivity index is 2.19. The quantitative estimate of drug-likeness (QED) is 0.829. The Morgan fingerprint density at radius 1 is 1.25 bits per heavy atom. The number of amides is 1. The van der Waals surface area contributed by atoms with E-state index in [0.717, 1.165) is 25.5 Å². The van der Waals surface area contributed by atoms with E-state index in [2.05, 4.69) is 4.72 Å². The van der Waals surface area contributed by atoms with E-state index < -0.39 is 10.0 Å². The molecule has 1 amide bonds. The minimum atomic E-state index is -3.28. The lowest BCUT2D eigenvalue weighted by molar-refractivity contribution is 0.0618. The Hall–Kier alpha value is -1.80. The van der Waals surface area contributed by atoms with Crippen molar-refractivity contribution in [3.63, 3.8) is 0 Å². The first kappa shape index (κ1) is 18.5. The molecule has 0 spiro atoms. The van der Waals surface area contributed by atoms with Crippen molar-refractivity contribution < 1.29 is 22.7 Å². The van der Waals surface area contributed by atoms with Crippen molar-refractivity contribution in [3.8, 4) is 11.5 Å². The lowest BCUT2D eigenvalue weighted by Gasteiger charge is -2.36. The van der Waals surface area contributed by atoms with Crippen molar-refractivity contribution in [3.05, 3.63) is 23.8 Å². The van der Waals surface area contributed by atoms with Gasteiger partial charge in [-0.1, -0.05) is 0 Å². The molecule has 0 aliphatic carbocycles. The Morgan fingerprint density at radius 2 is 1.96 bits per heavy atom. The van der Waals surface area contributed by atoms with Gasteiger partial charge < -0.3 is 14.4 Å². The second-order valence-electron chi connectivity index (χ2n) is 5.84. The van der Waals surface area contributed by atoms with Gasteiger partial charge in [0.2, 0.25) is 10.0 Å². The first-order valence-corrected chi connectivity index (χ1v) is 9.72. The summed E-state index contributed by atoms with van der Waals surface area (Å²) in [5.41, 5.74) is 0.499. The van der Waals surface area contributed by atoms with Crippen molar-refractivity contribution in [1.29, 1.82) is 0 Å². The molecule has 1 aromatic carbocycles. The van der Waals surface area contributed by atoms with Gasteiger partial charge in [-0.3, -0.25) is 4.79 Å². The molecule has 1 atom stereocenters. The van der Waals surface area contributed by atoms with Gasteiger partial charge in [-0.15, -0.1) is 0 Å². The van der Waals surface area contributed by atoms with Crippen molar-refractivity contribution in [1.82, 2.24) is 9.62 Å². The van der Waals surface area contributed by atoms with Gasteiger partial charge in [0.05, 0.1) is 20.5 Å². The lowest BCUT2D eigenvalue weighted by Crippen LogP contribution is -2.49. The molecule has 134 valence electrons. The Bertz CT molecular complexity index is 690. The topological polar surface area (TPSA) is 84.9 Å². The summed E-state index contributed by atoms with van der Waals surface area (Å²) in [6.07, 6.45) is 3.79. The number of hydrogen-bond donors (Lipinski definition) is 1. The molecule has 1 heterocycles. The highest BCUT2D eigenvalue weighted by atomic mass is 32.2. The zero-order chi connectivity index (χ0) is 17.7. The second kappa shape index (κ2) is 7.85. The standard InChI is InChI=1S/C16H24N2O5S/c1-22-14-8-7-12(10-15(14)23-2)16(19)18-9-5-4-6-13(18)11-17-24(3,20)21/h7-8,10,13,17H,4-6,9,11H2,1-3H3. The van der Waals surface area contributed by atoms with Crippen LogP contribution in [-0.2, 0) is 10.0 Å². The molecular formula is C16H24N2O5S. The number of nitrogens with one attached hydrogen (secondary N) is 1. The largest absolute Gasteiger partial charge is 0.493 e. The van der Waals surface area contributed by atoms with Crippen LogP contribution in [-0.4, -0.2) is 58.8 Å². The third kappa shape index (κ3) is 4.61. The van der Waals surface area contributed by atoms with Crippen LogP contribution >= 0.6 is 0 Å². The van der Waals surface area contributed by atoms with Crippen LogP contribution in [0.5, 0.6) is 11.5 Å². The number of ether oxygens (including phenoxy) is 2. The number of rotatable bonds is 6. The highest BCUT2D eigenvalue weighted by Crippen LogP contribution is 2.29. The first-order chi connectivity index (χ1) is 11.4. The van der Waals surface area contributed by atoms with Crippen LogP contribution in [0.3, 0.4) is 0 Å². The van der Waals surface area contributed by atoms with Crippen molar-refractivity contribution in [2.45, 2.75) is 25.3 Å². The third-order valence-electron chi connectivity index (χ3n) is 4.10. The molecule has 8 heteroatoms. The molecule has 0 radical (unpaired) electrons. The van der Waals surface area contributed by atoms with E-state index in [0.29, 0.717) is 23.6 Å². The van der Waals surface area contributed by atoms with E-state index in [1.54, 1.807) is 23.1 Å². The Morgan fingerprint density at radius 3 is 2.58 bits per heavy atom. The molecular weight excluding hydrogens is 332 g/mol. The maximum absolute atomic E-state index is 12.9. The first-order valence-electron chi connectivity index (χ1n) is 7.83. The average molecular weight is 356 g/mol. The van der Waals surface area contributed by atoms with Crippen LogP contribution in [0, 0.1) is 0 Å². The number of methoxy groups -OCH3 is 2. The molecule has 1 saturated heterocycles. The van der Waals surface area contributed by atoms with Crippen LogP contribution < -0.4 is 14.2 Å². The van der Waals surface area contributed by atoms with Crippen molar-refractivity contribution >= 4 is 15.9 Å². The van der Waals surface area contributed by atoms with Crippen LogP contribution in [0.15, 0.2) is 18.2 Å². The van der Waals surface area contributed by atoms with Crippen molar-refractivity contribution in [2.75, 3.05) is 33.6 Å². The van der Waals surface area contributed by atoms with Gasteiger partial charge in [-0.05, 0) is 37.5 Å². The van der Waals surface area contributed by atoms with Gasteiger partial charge >= 0.3 is 0 Å². The molecule has 2 rings (SSSR count). The maximum atomic E-state index is 12.9. The van der Waals surface area contributed by atoms with Crippen LogP contribution in [0.2, 0.25) is 0 Å². The summed E-state index contributed by atoms with van der Waals surface area (Å²) in [4.78, 5) is 14.6. The molecule has 1 aliphatic heterocycles. The summed E-state index contributed by atoms with van der Waals surface area (Å²) >= 11 is 0. The lowest BCUT2D eigenvalue weighted by atomic mass is 10.0. The summed E-state index contributed by atoms with van der Waals surface area (Å²) in [5, 5.41) is 0. The van der Waals surface area contributed by atoms with Crippen LogP contribution in [0.1, 0.15) is 29.6 Å². The smallest absolute Gasteiger partial charge is 0.254 e. The molecule has 0 saturated carbocycles. The van der Waals surface area contributed by atoms with E-state index in [-0.39, 0.29) is 18.5 Å². The highest BCUT2D eigenvalue weighted by Gasteiger charge is 2.28. The van der Waals surface area contributed by atoms with Gasteiger partial charge in [-0.25, -0.2) is 13.1 Å². The fourth-order valence-corrected chi connectivity index (χ4v) is 3.36. The maximum Gasteiger partial charge on any atom is 0.254 e. The summed E-state index contributed by atoms with van der Waals surface area (Å²) in [6, 6.07) is 4.89. The van der Waals surface area contributed by atoms with Gasteiger partial charge in [0.25, 0.3) is 5.91 Å². The monoisotopic (exact) mass is 356 g/mol. The van der Waals surface area contributed by atoms with Gasteiger partial charge in [0.15, 0.2) is 11.5 Å². The van der Waals surface area contributed by atoms with E-state index in [4.69, 9.17) is 9.47 Å². The number of sulfonamides is 1. The molecule has 0 aromatic heterocycles. The van der Waals surface area contributed by atoms with Crippen molar-refractivity contribution in [2.24, 2.45) is 0 Å². The predicted octanol–water partition coefficient (Wildman–Crippen LogP) is 1.25. The van der Waals surface area contributed by atoms with E-state index in [1.807, 2.05) is 0 Å². The highest BCUT2D eigenvalue weighted by molar-refractivity contribution is 7.88. The number of carbonyl (C=O) groups excluding carboxylic acids is 1. The van der Waals surface area contributed by atoms with Crippen LogP contribution in [0.4, 0.5) is 0 Å². The number of benzene rings is 1. The molecule has 1 unspecified atom stereocenters. The summed E-state index contributed by atoms with van der Waals surface area (Å²) < 4.78 is 35.6. The van der Waals surface area contributed by atoms with E-state index >= 15 is 0 Å². The second-order valence-corrected chi connectivity index (χ2v) is 7.67. The fourth-order valence-electron chi connectivity index (χ4n) is 2.86. The molecule has 24 heavy (non-hydrogen) atoms. The number of carbonyl (C=O) groups is 1. The molecule has 0 bridgehead atoms. The Labute approximate surface area is 143 Å². The third-order valence-corrected chi connectivity index (χ3v) is 4.79. The normalized spacial score (nSPS) is 18.3. The van der Waals surface area contributed by atoms with Gasteiger partial charge in [-0.2, -0.15) is 0 Å². The van der Waals surface area contributed by atoms with Gasteiger partial charge in [0.1, 0.15) is 0 Å². The Kier molecular flexibility index (Phi) is 6.06. The minimum Gasteiger partial charge on any atom is -0.493 e. The molecule has 7 nitrogen and oxygen atoms in total. The predicted molar refractivity (Wildman–Crippen MR) is 91.1 cm³/mol. The van der Waals surface area contributed by atoms with Crippen LogP contribution in [0.25, 0.3) is 0 Å². The minimum absolute atomic E-state index is 0.129. The number of hydrogen-bond acceptors (Lipinski definition) is 5. The summed E-state index contributed by atoms with van der Waals surface area (Å²) in [6.45, 7) is 0.848. The SMILES string of the molecule is COc1ccc(C(=O)N2CCCCC2CNS(C)(=O)=O)cc1OC. The average Bonchev–Trinajstić information content (AvgIpc) is 2.58. The summed E-state index contributed by atoms with van der Waals surface area (Å²) in [5.74, 6) is 0.921. The molecule has 1 N–H and O–H groups in total. The molecule has 1 aromatic rings. The zero-order valence-corrected chi connectivity index (χ0v) is 15.1. The zero-order valence-electron chi connectivity index (χ0n) is 14.2. The number of piperidine rings is 1. The summed E-state index contributed by atoms with van der Waals surface area (Å²) in [7, 11) is -0.223. The fraction of sp³-hybridized carbons (Fsp3) is 0.562.